The summed E-state index contributed by atoms with van der Waals surface area (Å²) in [6.07, 6.45) is 0.0556. The second-order valence-electron chi connectivity index (χ2n) is 6.56. The lowest BCUT2D eigenvalue weighted by Crippen LogP contribution is -2.56. The van der Waals surface area contributed by atoms with Gasteiger partial charge in [0.2, 0.25) is 5.91 Å². The molecular formula is C16H28N4O2S. The lowest BCUT2D eigenvalue weighted by molar-refractivity contribution is -0.137. The van der Waals surface area contributed by atoms with E-state index in [2.05, 4.69) is 15.3 Å². The van der Waals surface area contributed by atoms with Crippen molar-refractivity contribution in [2.75, 3.05) is 32.8 Å². The largest absolute Gasteiger partial charge is 0.372 e. The van der Waals surface area contributed by atoms with Crippen LogP contribution in [0.25, 0.3) is 0 Å². The number of rotatable bonds is 6. The minimum Gasteiger partial charge on any atom is -0.372 e. The third-order valence-electron chi connectivity index (χ3n) is 3.93. The first-order valence-electron chi connectivity index (χ1n) is 8.17. The van der Waals surface area contributed by atoms with E-state index in [1.54, 1.807) is 25.2 Å². The highest BCUT2D eigenvalue weighted by Gasteiger charge is 2.30. The molecule has 1 aliphatic heterocycles. The van der Waals surface area contributed by atoms with Crippen LogP contribution in [0.3, 0.4) is 0 Å². The quantitative estimate of drug-likeness (QED) is 0.852. The summed E-state index contributed by atoms with van der Waals surface area (Å²) >= 11 is 1.65. The van der Waals surface area contributed by atoms with Crippen LogP contribution in [-0.4, -0.2) is 59.0 Å². The van der Waals surface area contributed by atoms with Gasteiger partial charge in [0.1, 0.15) is 11.1 Å². The summed E-state index contributed by atoms with van der Waals surface area (Å²) in [4.78, 5) is 21.0. The van der Waals surface area contributed by atoms with Gasteiger partial charge in [0.15, 0.2) is 0 Å². The van der Waals surface area contributed by atoms with E-state index in [0.717, 1.165) is 43.4 Å². The molecule has 7 heteroatoms. The fourth-order valence-corrected chi connectivity index (χ4v) is 3.46. The molecule has 2 heterocycles. The average molecular weight is 340 g/mol. The number of nitrogens with zero attached hydrogens (tertiary/aromatic N) is 3. The molecular weight excluding hydrogens is 312 g/mol. The van der Waals surface area contributed by atoms with Gasteiger partial charge in [0.25, 0.3) is 0 Å². The Balaban J connectivity index is 1.84. The Morgan fingerprint density at radius 3 is 2.65 bits per heavy atom. The number of carbonyl (C=O) groups excluding carboxylic acids is 1. The standard InChI is InChI=1S/C16H28N4O2S/c1-5-22-12(2)14-18-13(11-23-14)10-19-6-8-20(9-7-19)15(21)16(3,4)17/h11-12H,5-10,17H2,1-4H3. The number of piperazine rings is 1. The SMILES string of the molecule is CCOC(C)c1nc(CN2CCN(C(=O)C(C)(C)N)CC2)cs1. The van der Waals surface area contributed by atoms with Crippen LogP contribution in [0.2, 0.25) is 0 Å². The van der Waals surface area contributed by atoms with Crippen LogP contribution >= 0.6 is 11.3 Å². The van der Waals surface area contributed by atoms with Crippen LogP contribution in [0.5, 0.6) is 0 Å². The van der Waals surface area contributed by atoms with Crippen LogP contribution < -0.4 is 5.73 Å². The van der Waals surface area contributed by atoms with Gasteiger partial charge < -0.3 is 15.4 Å². The van der Waals surface area contributed by atoms with Crippen LogP contribution in [0.4, 0.5) is 0 Å². The first-order chi connectivity index (χ1) is 10.8. The number of hydrogen-bond acceptors (Lipinski definition) is 6. The molecule has 1 fully saturated rings. The van der Waals surface area contributed by atoms with Crippen molar-refractivity contribution in [2.45, 2.75) is 45.9 Å². The van der Waals surface area contributed by atoms with Crippen molar-refractivity contribution in [1.82, 2.24) is 14.8 Å². The highest BCUT2D eigenvalue weighted by Crippen LogP contribution is 2.22. The second-order valence-corrected chi connectivity index (χ2v) is 7.45. The summed E-state index contributed by atoms with van der Waals surface area (Å²) in [5, 5.41) is 3.13. The zero-order valence-corrected chi connectivity index (χ0v) is 15.4. The lowest BCUT2D eigenvalue weighted by atomic mass is 10.0. The number of aromatic nitrogens is 1. The first-order valence-corrected chi connectivity index (χ1v) is 9.05. The Labute approximate surface area is 142 Å². The van der Waals surface area contributed by atoms with Crippen LogP contribution in [0.15, 0.2) is 5.38 Å². The normalized spacial score (nSPS) is 18.2. The Hall–Kier alpha value is -1.02. The summed E-state index contributed by atoms with van der Waals surface area (Å²) in [5.41, 5.74) is 6.19. The van der Waals surface area contributed by atoms with Crippen molar-refractivity contribution in [2.24, 2.45) is 5.73 Å². The monoisotopic (exact) mass is 340 g/mol. The summed E-state index contributed by atoms with van der Waals surface area (Å²) in [5.74, 6) is 0.0265. The zero-order valence-electron chi connectivity index (χ0n) is 14.5. The van der Waals surface area contributed by atoms with E-state index in [9.17, 15) is 4.79 Å². The number of ether oxygens (including phenoxy) is 1. The number of carbonyl (C=O) groups is 1. The van der Waals surface area contributed by atoms with Crippen molar-refractivity contribution < 1.29 is 9.53 Å². The number of thiazole rings is 1. The minimum atomic E-state index is -0.790. The van der Waals surface area contributed by atoms with Crippen molar-refractivity contribution >= 4 is 17.2 Å². The fraction of sp³-hybridized carbons (Fsp3) is 0.750. The van der Waals surface area contributed by atoms with Crippen molar-refractivity contribution in [3.63, 3.8) is 0 Å². The molecule has 2 rings (SSSR count). The molecule has 1 unspecified atom stereocenters. The van der Waals surface area contributed by atoms with Gasteiger partial charge in [-0.15, -0.1) is 11.3 Å². The van der Waals surface area contributed by atoms with E-state index in [-0.39, 0.29) is 12.0 Å². The van der Waals surface area contributed by atoms with Crippen molar-refractivity contribution in [3.05, 3.63) is 16.1 Å². The molecule has 23 heavy (non-hydrogen) atoms. The van der Waals surface area contributed by atoms with Gasteiger partial charge in [0, 0.05) is 44.7 Å². The minimum absolute atomic E-state index is 0.0265. The second kappa shape index (κ2) is 7.70. The molecule has 6 nitrogen and oxygen atoms in total. The molecule has 1 saturated heterocycles. The van der Waals surface area contributed by atoms with Crippen LogP contribution in [0.1, 0.15) is 44.5 Å². The van der Waals surface area contributed by atoms with Gasteiger partial charge >= 0.3 is 0 Å². The maximum absolute atomic E-state index is 12.2. The number of hydrogen-bond donors (Lipinski definition) is 1. The maximum atomic E-state index is 12.2. The van der Waals surface area contributed by atoms with Crippen molar-refractivity contribution in [1.29, 1.82) is 0 Å². The molecule has 0 aromatic carbocycles. The highest BCUT2D eigenvalue weighted by atomic mass is 32.1. The van der Waals surface area contributed by atoms with E-state index < -0.39 is 5.54 Å². The number of nitrogens with two attached hydrogens (primary N) is 1. The van der Waals surface area contributed by atoms with E-state index >= 15 is 0 Å². The smallest absolute Gasteiger partial charge is 0.242 e. The average Bonchev–Trinajstić information content (AvgIpc) is 2.95. The zero-order chi connectivity index (χ0) is 17.0. The third-order valence-corrected chi connectivity index (χ3v) is 4.98. The van der Waals surface area contributed by atoms with E-state index in [1.165, 1.54) is 0 Å². The molecule has 0 aliphatic carbocycles. The number of amides is 1. The molecule has 1 aliphatic rings. The molecule has 1 aromatic rings. The van der Waals surface area contributed by atoms with Crippen molar-refractivity contribution in [3.8, 4) is 0 Å². The van der Waals surface area contributed by atoms with Gasteiger partial charge in [-0.3, -0.25) is 9.69 Å². The summed E-state index contributed by atoms with van der Waals surface area (Å²) in [6, 6.07) is 0. The molecule has 2 N–H and O–H groups in total. The summed E-state index contributed by atoms with van der Waals surface area (Å²) < 4.78 is 5.58. The van der Waals surface area contributed by atoms with Gasteiger partial charge in [-0.25, -0.2) is 4.98 Å². The molecule has 0 spiro atoms. The van der Waals surface area contributed by atoms with Crippen LogP contribution in [-0.2, 0) is 16.1 Å². The van der Waals surface area contributed by atoms with E-state index in [1.807, 2.05) is 18.7 Å². The highest BCUT2D eigenvalue weighted by molar-refractivity contribution is 7.09. The van der Waals surface area contributed by atoms with Gasteiger partial charge in [-0.1, -0.05) is 0 Å². The van der Waals surface area contributed by atoms with Gasteiger partial charge in [-0.2, -0.15) is 0 Å². The molecule has 0 bridgehead atoms. The molecule has 1 aromatic heterocycles. The van der Waals surface area contributed by atoms with E-state index in [0.29, 0.717) is 6.61 Å². The Bertz CT molecular complexity index is 518. The lowest BCUT2D eigenvalue weighted by Gasteiger charge is -2.37. The molecule has 0 radical (unpaired) electrons. The van der Waals surface area contributed by atoms with E-state index in [4.69, 9.17) is 10.5 Å². The predicted octanol–water partition coefficient (Wildman–Crippen LogP) is 1.62. The molecule has 0 saturated carbocycles. The van der Waals surface area contributed by atoms with Crippen LogP contribution in [0, 0.1) is 0 Å². The summed E-state index contributed by atoms with van der Waals surface area (Å²) in [7, 11) is 0. The Morgan fingerprint density at radius 2 is 2.09 bits per heavy atom. The topological polar surface area (TPSA) is 71.7 Å². The Morgan fingerprint density at radius 1 is 1.43 bits per heavy atom. The summed E-state index contributed by atoms with van der Waals surface area (Å²) in [6.45, 7) is 12.2. The Kier molecular flexibility index (Phi) is 6.13. The predicted molar refractivity (Wildman–Crippen MR) is 92.3 cm³/mol. The van der Waals surface area contributed by atoms with Gasteiger partial charge in [0.05, 0.1) is 11.2 Å². The third kappa shape index (κ3) is 4.97. The molecule has 1 atom stereocenters. The van der Waals surface area contributed by atoms with Gasteiger partial charge in [-0.05, 0) is 27.7 Å². The first kappa shape index (κ1) is 18.3. The molecule has 130 valence electrons. The molecule has 1 amide bonds. The maximum Gasteiger partial charge on any atom is 0.242 e. The fourth-order valence-electron chi connectivity index (χ4n) is 2.65.